The van der Waals surface area contributed by atoms with Gasteiger partial charge in [-0.15, -0.1) is 0 Å². The summed E-state index contributed by atoms with van der Waals surface area (Å²) in [5, 5.41) is 16.2. The number of amides is 3. The van der Waals surface area contributed by atoms with Crippen LogP contribution in [0.15, 0.2) is 0 Å². The fraction of sp³-hybridized carbons (Fsp3) is 0.727. The first-order valence-electron chi connectivity index (χ1n) is 5.80. The zero-order chi connectivity index (χ0) is 14.3. The van der Waals surface area contributed by atoms with Gasteiger partial charge in [-0.05, 0) is 27.7 Å². The van der Waals surface area contributed by atoms with E-state index < -0.39 is 24.0 Å². The lowest BCUT2D eigenvalue weighted by atomic mass is 10.0. The number of carboxylic acids is 1. The highest BCUT2D eigenvalue weighted by Crippen LogP contribution is 2.01. The molecule has 0 saturated heterocycles. The Bertz CT molecular complexity index is 317. The standard InChI is InChI=1S/C11H21N3O4/c1-6(2)13-9(15)5-12-11(18)14-8(4)7(3)10(16)17/h6-8H,5H2,1-4H3,(H,13,15)(H,16,17)(H2,12,14,18). The Hall–Kier alpha value is -1.79. The van der Waals surface area contributed by atoms with Gasteiger partial charge in [-0.1, -0.05) is 0 Å². The molecule has 0 spiro atoms. The van der Waals surface area contributed by atoms with Crippen LogP contribution in [0.5, 0.6) is 0 Å². The Morgan fingerprint density at radius 2 is 1.61 bits per heavy atom. The fourth-order valence-electron chi connectivity index (χ4n) is 1.13. The normalized spacial score (nSPS) is 13.6. The molecular formula is C11H21N3O4. The maximum Gasteiger partial charge on any atom is 0.315 e. The summed E-state index contributed by atoms with van der Waals surface area (Å²) in [5.74, 6) is -1.97. The molecule has 0 aromatic heterocycles. The number of urea groups is 1. The maximum absolute atomic E-state index is 11.4. The largest absolute Gasteiger partial charge is 0.481 e. The Kier molecular flexibility index (Phi) is 6.77. The molecule has 7 nitrogen and oxygen atoms in total. The summed E-state index contributed by atoms with van der Waals surface area (Å²) in [6.07, 6.45) is 0. The Labute approximate surface area is 106 Å². The van der Waals surface area contributed by atoms with Crippen LogP contribution >= 0.6 is 0 Å². The van der Waals surface area contributed by atoms with Crippen molar-refractivity contribution in [3.63, 3.8) is 0 Å². The van der Waals surface area contributed by atoms with Crippen LogP contribution in [0.3, 0.4) is 0 Å². The zero-order valence-electron chi connectivity index (χ0n) is 11.1. The van der Waals surface area contributed by atoms with Gasteiger partial charge in [0.25, 0.3) is 0 Å². The summed E-state index contributed by atoms with van der Waals surface area (Å²) in [5.41, 5.74) is 0. The molecule has 0 rings (SSSR count). The van der Waals surface area contributed by atoms with Gasteiger partial charge in [-0.2, -0.15) is 0 Å². The minimum absolute atomic E-state index is 0.00770. The first kappa shape index (κ1) is 16.2. The van der Waals surface area contributed by atoms with E-state index in [0.29, 0.717) is 0 Å². The number of carbonyl (C=O) groups is 3. The lowest BCUT2D eigenvalue weighted by Crippen LogP contribution is -2.48. The van der Waals surface area contributed by atoms with Gasteiger partial charge < -0.3 is 21.1 Å². The lowest BCUT2D eigenvalue weighted by Gasteiger charge is -2.18. The molecule has 0 aliphatic heterocycles. The predicted octanol–water partition coefficient (Wildman–Crippen LogP) is -0.0806. The van der Waals surface area contributed by atoms with Crippen molar-refractivity contribution in [2.45, 2.75) is 39.8 Å². The van der Waals surface area contributed by atoms with E-state index in [1.54, 1.807) is 6.92 Å². The van der Waals surface area contributed by atoms with Crippen molar-refractivity contribution >= 4 is 17.9 Å². The molecule has 0 aliphatic carbocycles. The predicted molar refractivity (Wildman–Crippen MR) is 66.1 cm³/mol. The first-order chi connectivity index (χ1) is 8.23. The summed E-state index contributed by atoms with van der Waals surface area (Å²) >= 11 is 0. The van der Waals surface area contributed by atoms with Crippen LogP contribution in [0.2, 0.25) is 0 Å². The highest BCUT2D eigenvalue weighted by molar-refractivity contribution is 5.84. The van der Waals surface area contributed by atoms with E-state index in [-0.39, 0.29) is 18.5 Å². The second-order valence-electron chi connectivity index (χ2n) is 4.46. The van der Waals surface area contributed by atoms with E-state index in [9.17, 15) is 14.4 Å². The SMILES string of the molecule is CC(C)NC(=O)CNC(=O)NC(C)C(C)C(=O)O. The smallest absolute Gasteiger partial charge is 0.315 e. The molecule has 0 heterocycles. The monoisotopic (exact) mass is 259 g/mol. The van der Waals surface area contributed by atoms with Gasteiger partial charge in [0, 0.05) is 12.1 Å². The van der Waals surface area contributed by atoms with Crippen molar-refractivity contribution in [1.29, 1.82) is 0 Å². The summed E-state index contributed by atoms with van der Waals surface area (Å²) in [6, 6.07) is -1.07. The third-order valence-corrected chi connectivity index (χ3v) is 2.36. The number of carboxylic acid groups (broad SMARTS) is 1. The molecule has 0 aromatic carbocycles. The van der Waals surface area contributed by atoms with Gasteiger partial charge in [-0.25, -0.2) is 4.79 Å². The lowest BCUT2D eigenvalue weighted by molar-refractivity contribution is -0.141. The van der Waals surface area contributed by atoms with Crippen molar-refractivity contribution in [1.82, 2.24) is 16.0 Å². The molecule has 7 heteroatoms. The zero-order valence-corrected chi connectivity index (χ0v) is 11.1. The molecule has 3 amide bonds. The van der Waals surface area contributed by atoms with E-state index in [1.807, 2.05) is 13.8 Å². The molecule has 0 radical (unpaired) electrons. The van der Waals surface area contributed by atoms with E-state index >= 15 is 0 Å². The third-order valence-electron chi connectivity index (χ3n) is 2.36. The number of nitrogens with one attached hydrogen (secondary N) is 3. The summed E-state index contributed by atoms with van der Waals surface area (Å²) in [7, 11) is 0. The highest BCUT2D eigenvalue weighted by atomic mass is 16.4. The van der Waals surface area contributed by atoms with Crippen molar-refractivity contribution in [3.05, 3.63) is 0 Å². The molecule has 0 fully saturated rings. The van der Waals surface area contributed by atoms with Gasteiger partial charge in [-0.3, -0.25) is 9.59 Å². The van der Waals surface area contributed by atoms with Crippen molar-refractivity contribution in [2.24, 2.45) is 5.92 Å². The van der Waals surface area contributed by atoms with Crippen LogP contribution in [0, 0.1) is 5.92 Å². The minimum Gasteiger partial charge on any atom is -0.481 e. The van der Waals surface area contributed by atoms with Crippen LogP contribution < -0.4 is 16.0 Å². The van der Waals surface area contributed by atoms with E-state index in [4.69, 9.17) is 5.11 Å². The van der Waals surface area contributed by atoms with Crippen molar-refractivity contribution in [2.75, 3.05) is 6.54 Å². The summed E-state index contributed by atoms with van der Waals surface area (Å²) in [6.45, 7) is 6.58. The molecule has 18 heavy (non-hydrogen) atoms. The quantitative estimate of drug-likeness (QED) is 0.535. The van der Waals surface area contributed by atoms with Crippen molar-refractivity contribution in [3.8, 4) is 0 Å². The van der Waals surface area contributed by atoms with Crippen LogP contribution in [-0.4, -0.2) is 41.6 Å². The number of carbonyl (C=O) groups excluding carboxylic acids is 2. The van der Waals surface area contributed by atoms with Gasteiger partial charge in [0.1, 0.15) is 0 Å². The maximum atomic E-state index is 11.4. The molecule has 0 bridgehead atoms. The second-order valence-corrected chi connectivity index (χ2v) is 4.46. The molecular weight excluding hydrogens is 238 g/mol. The number of rotatable bonds is 6. The molecule has 4 N–H and O–H groups in total. The summed E-state index contributed by atoms with van der Waals surface area (Å²) < 4.78 is 0. The highest BCUT2D eigenvalue weighted by Gasteiger charge is 2.20. The average molecular weight is 259 g/mol. The Morgan fingerprint density at radius 3 is 2.06 bits per heavy atom. The average Bonchev–Trinajstić information content (AvgIpc) is 2.24. The molecule has 0 aromatic rings. The summed E-state index contributed by atoms with van der Waals surface area (Å²) in [4.78, 5) is 33.3. The topological polar surface area (TPSA) is 108 Å². The van der Waals surface area contributed by atoms with E-state index in [1.165, 1.54) is 6.92 Å². The van der Waals surface area contributed by atoms with Gasteiger partial charge in [0.15, 0.2) is 0 Å². The van der Waals surface area contributed by atoms with Crippen LogP contribution in [0.1, 0.15) is 27.7 Å². The van der Waals surface area contributed by atoms with Gasteiger partial charge in [0.05, 0.1) is 12.5 Å². The second kappa shape index (κ2) is 7.52. The van der Waals surface area contributed by atoms with Gasteiger partial charge in [0.2, 0.25) is 5.91 Å². The number of hydrogen-bond acceptors (Lipinski definition) is 3. The van der Waals surface area contributed by atoms with Crippen molar-refractivity contribution < 1.29 is 19.5 Å². The van der Waals surface area contributed by atoms with Gasteiger partial charge >= 0.3 is 12.0 Å². The molecule has 0 saturated carbocycles. The van der Waals surface area contributed by atoms with E-state index in [0.717, 1.165) is 0 Å². The Morgan fingerprint density at radius 1 is 1.06 bits per heavy atom. The molecule has 0 aliphatic rings. The number of hydrogen-bond donors (Lipinski definition) is 4. The van der Waals surface area contributed by atoms with Crippen LogP contribution in [0.4, 0.5) is 4.79 Å². The van der Waals surface area contributed by atoms with E-state index in [2.05, 4.69) is 16.0 Å². The Balaban J connectivity index is 3.98. The third kappa shape index (κ3) is 6.72. The molecule has 2 atom stereocenters. The van der Waals surface area contributed by atoms with Crippen LogP contribution in [0.25, 0.3) is 0 Å². The minimum atomic E-state index is -0.986. The molecule has 2 unspecified atom stereocenters. The molecule has 104 valence electrons. The van der Waals surface area contributed by atoms with Crippen LogP contribution in [-0.2, 0) is 9.59 Å². The number of aliphatic carboxylic acids is 1. The first-order valence-corrected chi connectivity index (χ1v) is 5.80. The fourth-order valence-corrected chi connectivity index (χ4v) is 1.13.